The zero-order valence-electron chi connectivity index (χ0n) is 17.7. The number of carbonyl (C=O) groups excluding carboxylic acids is 1. The van der Waals surface area contributed by atoms with Gasteiger partial charge in [-0.25, -0.2) is 8.42 Å². The number of hydrogen-bond acceptors (Lipinski definition) is 4. The van der Waals surface area contributed by atoms with Crippen molar-refractivity contribution in [3.05, 3.63) is 59.2 Å². The minimum absolute atomic E-state index is 0.272. The second-order valence-corrected chi connectivity index (χ2v) is 9.36. The number of hydrogen-bond donors (Lipinski definition) is 1. The fraction of sp³-hybridized carbons (Fsp3) is 0.409. The van der Waals surface area contributed by atoms with E-state index >= 15 is 0 Å². The number of rotatable bonds is 9. The molecule has 158 valence electrons. The normalized spacial score (nSPS) is 11.4. The molecule has 0 aromatic heterocycles. The minimum Gasteiger partial charge on any atom is -0.491 e. The molecule has 2 aromatic rings. The number of aryl methyl sites for hydroxylation is 2. The molecule has 0 heterocycles. The number of amides is 1. The van der Waals surface area contributed by atoms with Crippen LogP contribution in [-0.2, 0) is 14.8 Å². The van der Waals surface area contributed by atoms with Crippen molar-refractivity contribution >= 4 is 21.6 Å². The molecule has 6 nitrogen and oxygen atoms in total. The van der Waals surface area contributed by atoms with Gasteiger partial charge in [0.05, 0.1) is 18.5 Å². The number of anilines is 1. The number of para-hydroxylation sites is 1. The first-order valence-electron chi connectivity index (χ1n) is 9.63. The van der Waals surface area contributed by atoms with E-state index in [0.29, 0.717) is 18.2 Å². The molecule has 29 heavy (non-hydrogen) atoms. The van der Waals surface area contributed by atoms with E-state index in [4.69, 9.17) is 4.74 Å². The van der Waals surface area contributed by atoms with Crippen molar-refractivity contribution in [2.75, 3.05) is 30.3 Å². The quantitative estimate of drug-likeness (QED) is 0.634. The Balaban J connectivity index is 1.97. The average Bonchev–Trinajstić information content (AvgIpc) is 2.64. The molecule has 0 fully saturated rings. The lowest BCUT2D eigenvalue weighted by molar-refractivity contribution is -0.119. The van der Waals surface area contributed by atoms with Crippen LogP contribution in [0.2, 0.25) is 0 Å². The third-order valence-electron chi connectivity index (χ3n) is 4.54. The van der Waals surface area contributed by atoms with Gasteiger partial charge in [0.1, 0.15) is 18.9 Å². The van der Waals surface area contributed by atoms with E-state index < -0.39 is 10.0 Å². The van der Waals surface area contributed by atoms with Gasteiger partial charge in [0.15, 0.2) is 0 Å². The summed E-state index contributed by atoms with van der Waals surface area (Å²) in [5, 5.41) is 2.74. The monoisotopic (exact) mass is 418 g/mol. The smallest absolute Gasteiger partial charge is 0.240 e. The van der Waals surface area contributed by atoms with E-state index in [1.807, 2.05) is 50.2 Å². The molecule has 0 aliphatic carbocycles. The van der Waals surface area contributed by atoms with Crippen LogP contribution in [0, 0.1) is 13.8 Å². The van der Waals surface area contributed by atoms with Crippen LogP contribution in [0.25, 0.3) is 0 Å². The van der Waals surface area contributed by atoms with Crippen molar-refractivity contribution < 1.29 is 17.9 Å². The van der Waals surface area contributed by atoms with E-state index in [2.05, 4.69) is 19.2 Å². The van der Waals surface area contributed by atoms with Crippen molar-refractivity contribution in [1.82, 2.24) is 5.32 Å². The van der Waals surface area contributed by atoms with E-state index in [-0.39, 0.29) is 19.0 Å². The molecule has 0 aliphatic rings. The van der Waals surface area contributed by atoms with Crippen molar-refractivity contribution in [3.8, 4) is 5.75 Å². The Kier molecular flexibility index (Phi) is 7.67. The number of carbonyl (C=O) groups is 1. The molecule has 0 unspecified atom stereocenters. The minimum atomic E-state index is -3.60. The summed E-state index contributed by atoms with van der Waals surface area (Å²) in [5.74, 6) is 0.753. The van der Waals surface area contributed by atoms with Crippen LogP contribution < -0.4 is 14.4 Å². The SMILES string of the molecule is Cc1ccc(C)c(N(CC(=O)NCCOc2ccccc2C(C)C)S(C)(=O)=O)c1. The van der Waals surface area contributed by atoms with Crippen LogP contribution in [0.15, 0.2) is 42.5 Å². The Hall–Kier alpha value is -2.54. The number of benzene rings is 2. The molecule has 0 atom stereocenters. The van der Waals surface area contributed by atoms with Crippen LogP contribution in [0.3, 0.4) is 0 Å². The largest absolute Gasteiger partial charge is 0.491 e. The Morgan fingerprint density at radius 2 is 1.83 bits per heavy atom. The molecule has 1 amide bonds. The summed E-state index contributed by atoms with van der Waals surface area (Å²) >= 11 is 0. The van der Waals surface area contributed by atoms with Crippen LogP contribution in [0.5, 0.6) is 5.75 Å². The van der Waals surface area contributed by atoms with Gasteiger partial charge in [0, 0.05) is 0 Å². The maximum Gasteiger partial charge on any atom is 0.240 e. The van der Waals surface area contributed by atoms with Gasteiger partial charge in [-0.15, -0.1) is 0 Å². The highest BCUT2D eigenvalue weighted by atomic mass is 32.2. The lowest BCUT2D eigenvalue weighted by Crippen LogP contribution is -2.41. The number of nitrogens with zero attached hydrogens (tertiary/aromatic N) is 1. The second-order valence-electron chi connectivity index (χ2n) is 7.45. The molecule has 0 saturated heterocycles. The van der Waals surface area contributed by atoms with Gasteiger partial charge >= 0.3 is 0 Å². The van der Waals surface area contributed by atoms with Crippen molar-refractivity contribution in [2.24, 2.45) is 0 Å². The molecule has 0 spiro atoms. The fourth-order valence-electron chi connectivity index (χ4n) is 3.00. The molecular formula is C22H30N2O4S. The van der Waals surface area contributed by atoms with Gasteiger partial charge in [-0.05, 0) is 48.6 Å². The van der Waals surface area contributed by atoms with Crippen LogP contribution in [0.4, 0.5) is 5.69 Å². The Morgan fingerprint density at radius 1 is 1.14 bits per heavy atom. The zero-order valence-corrected chi connectivity index (χ0v) is 18.5. The van der Waals surface area contributed by atoms with Crippen LogP contribution in [-0.4, -0.2) is 40.3 Å². The first-order chi connectivity index (χ1) is 13.6. The number of nitrogens with one attached hydrogen (secondary N) is 1. The molecule has 7 heteroatoms. The maximum absolute atomic E-state index is 12.4. The molecule has 2 rings (SSSR count). The Bertz CT molecular complexity index is 955. The molecule has 0 aliphatic heterocycles. The van der Waals surface area contributed by atoms with Gasteiger partial charge in [-0.1, -0.05) is 44.2 Å². The van der Waals surface area contributed by atoms with E-state index in [1.165, 1.54) is 0 Å². The second kappa shape index (κ2) is 9.78. The van der Waals surface area contributed by atoms with Gasteiger partial charge in [-0.2, -0.15) is 0 Å². The highest BCUT2D eigenvalue weighted by Crippen LogP contribution is 2.26. The van der Waals surface area contributed by atoms with Gasteiger partial charge in [-0.3, -0.25) is 9.10 Å². The zero-order chi connectivity index (χ0) is 21.6. The van der Waals surface area contributed by atoms with E-state index in [9.17, 15) is 13.2 Å². The predicted molar refractivity (Wildman–Crippen MR) is 117 cm³/mol. The fourth-order valence-corrected chi connectivity index (χ4v) is 3.90. The van der Waals surface area contributed by atoms with Gasteiger partial charge in [0.25, 0.3) is 0 Å². The molecule has 0 bridgehead atoms. The summed E-state index contributed by atoms with van der Waals surface area (Å²) in [4.78, 5) is 12.4. The molecule has 0 radical (unpaired) electrons. The summed E-state index contributed by atoms with van der Waals surface area (Å²) in [7, 11) is -3.60. The highest BCUT2D eigenvalue weighted by molar-refractivity contribution is 7.92. The van der Waals surface area contributed by atoms with E-state index in [1.54, 1.807) is 6.07 Å². The van der Waals surface area contributed by atoms with Crippen LogP contribution in [0.1, 0.15) is 36.5 Å². The first kappa shape index (κ1) is 22.7. The van der Waals surface area contributed by atoms with Gasteiger partial charge < -0.3 is 10.1 Å². The van der Waals surface area contributed by atoms with Crippen molar-refractivity contribution in [1.29, 1.82) is 0 Å². The Morgan fingerprint density at radius 3 is 2.48 bits per heavy atom. The predicted octanol–water partition coefficient (Wildman–Crippen LogP) is 3.39. The molecule has 2 aromatic carbocycles. The maximum atomic E-state index is 12.4. The third-order valence-corrected chi connectivity index (χ3v) is 5.67. The lowest BCUT2D eigenvalue weighted by atomic mass is 10.0. The number of sulfonamides is 1. The Labute approximate surface area is 173 Å². The molecular weight excluding hydrogens is 388 g/mol. The lowest BCUT2D eigenvalue weighted by Gasteiger charge is -2.24. The summed E-state index contributed by atoms with van der Waals surface area (Å²) in [6, 6.07) is 13.3. The van der Waals surface area contributed by atoms with E-state index in [0.717, 1.165) is 33.0 Å². The third kappa shape index (κ3) is 6.49. The van der Waals surface area contributed by atoms with Crippen molar-refractivity contribution in [3.63, 3.8) is 0 Å². The first-order valence-corrected chi connectivity index (χ1v) is 11.5. The molecule has 0 saturated carbocycles. The number of ether oxygens (including phenoxy) is 1. The van der Waals surface area contributed by atoms with Crippen molar-refractivity contribution in [2.45, 2.75) is 33.6 Å². The summed E-state index contributed by atoms with van der Waals surface area (Å²) < 4.78 is 31.5. The van der Waals surface area contributed by atoms with Crippen LogP contribution >= 0.6 is 0 Å². The molecule has 1 N–H and O–H groups in total. The highest BCUT2D eigenvalue weighted by Gasteiger charge is 2.22. The summed E-state index contributed by atoms with van der Waals surface area (Å²) in [6.07, 6.45) is 1.11. The van der Waals surface area contributed by atoms with Gasteiger partial charge in [0.2, 0.25) is 15.9 Å². The topological polar surface area (TPSA) is 75.7 Å². The summed E-state index contributed by atoms with van der Waals surface area (Å²) in [6.45, 7) is 8.22. The average molecular weight is 419 g/mol. The standard InChI is InChI=1S/C22H30N2O4S/c1-16(2)19-8-6-7-9-21(19)28-13-12-23-22(25)15-24(29(5,26)27)20-14-17(3)10-11-18(20)4/h6-11,14,16H,12-13,15H2,1-5H3,(H,23,25). The summed E-state index contributed by atoms with van der Waals surface area (Å²) in [5.41, 5.74) is 3.35.